The number of carboxylic acid groups (broad SMARTS) is 2. The SMILES string of the molecule is O=C(O)CNc1c(Cl)cc(Cl)cc1C(=O)O. The van der Waals surface area contributed by atoms with Gasteiger partial charge in [-0.3, -0.25) is 4.79 Å². The Labute approximate surface area is 101 Å². The molecule has 0 bridgehead atoms. The third kappa shape index (κ3) is 3.01. The molecule has 86 valence electrons. The predicted octanol–water partition coefficient (Wildman–Crippen LogP) is 2.19. The molecule has 0 aliphatic rings. The normalized spacial score (nSPS) is 9.88. The second-order valence-electron chi connectivity index (χ2n) is 2.86. The monoisotopic (exact) mass is 263 g/mol. The molecule has 0 spiro atoms. The van der Waals surface area contributed by atoms with Crippen LogP contribution in [0.15, 0.2) is 12.1 Å². The number of carbonyl (C=O) groups is 2. The molecule has 1 aromatic rings. The highest BCUT2D eigenvalue weighted by Gasteiger charge is 2.15. The van der Waals surface area contributed by atoms with Crippen LogP contribution in [0.5, 0.6) is 0 Å². The van der Waals surface area contributed by atoms with Gasteiger partial charge in [-0.1, -0.05) is 23.2 Å². The van der Waals surface area contributed by atoms with Gasteiger partial charge in [0, 0.05) is 5.02 Å². The van der Waals surface area contributed by atoms with Crippen molar-refractivity contribution in [3.8, 4) is 0 Å². The van der Waals surface area contributed by atoms with Crippen LogP contribution in [0, 0.1) is 0 Å². The Morgan fingerprint density at radius 2 is 1.88 bits per heavy atom. The van der Waals surface area contributed by atoms with E-state index in [9.17, 15) is 9.59 Å². The van der Waals surface area contributed by atoms with Gasteiger partial charge in [-0.2, -0.15) is 0 Å². The Kier molecular flexibility index (Phi) is 3.98. The van der Waals surface area contributed by atoms with Gasteiger partial charge < -0.3 is 15.5 Å². The average Bonchev–Trinajstić information content (AvgIpc) is 2.14. The highest BCUT2D eigenvalue weighted by molar-refractivity contribution is 6.37. The van der Waals surface area contributed by atoms with E-state index >= 15 is 0 Å². The minimum absolute atomic E-state index is 0.0426. The first-order valence-corrected chi connectivity index (χ1v) is 4.85. The molecule has 3 N–H and O–H groups in total. The highest BCUT2D eigenvalue weighted by atomic mass is 35.5. The van der Waals surface area contributed by atoms with Gasteiger partial charge in [-0.05, 0) is 12.1 Å². The molecular formula is C9H7Cl2NO4. The van der Waals surface area contributed by atoms with Crippen LogP contribution >= 0.6 is 23.2 Å². The summed E-state index contributed by atoms with van der Waals surface area (Å²) in [6.45, 7) is -0.429. The first kappa shape index (κ1) is 12.6. The molecule has 0 aliphatic carbocycles. The van der Waals surface area contributed by atoms with Crippen molar-refractivity contribution in [2.45, 2.75) is 0 Å². The summed E-state index contributed by atoms with van der Waals surface area (Å²) in [6, 6.07) is 2.53. The first-order valence-electron chi connectivity index (χ1n) is 4.10. The number of hydrogen-bond acceptors (Lipinski definition) is 3. The topological polar surface area (TPSA) is 86.6 Å². The van der Waals surface area contributed by atoms with Gasteiger partial charge in [0.1, 0.15) is 6.54 Å². The van der Waals surface area contributed by atoms with E-state index in [1.807, 2.05) is 0 Å². The number of hydrogen-bond donors (Lipinski definition) is 3. The summed E-state index contributed by atoms with van der Waals surface area (Å²) in [5, 5.41) is 20.0. The van der Waals surface area contributed by atoms with E-state index in [2.05, 4.69) is 5.32 Å². The fourth-order valence-corrected chi connectivity index (χ4v) is 1.65. The van der Waals surface area contributed by atoms with E-state index in [4.69, 9.17) is 33.4 Å². The number of aromatic carboxylic acids is 1. The van der Waals surface area contributed by atoms with E-state index in [1.54, 1.807) is 0 Å². The molecule has 0 unspecified atom stereocenters. The van der Waals surface area contributed by atoms with Gasteiger partial charge in [0.2, 0.25) is 0 Å². The fourth-order valence-electron chi connectivity index (χ4n) is 1.09. The first-order chi connectivity index (χ1) is 7.41. The number of aliphatic carboxylic acids is 1. The molecule has 1 rings (SSSR count). The summed E-state index contributed by atoms with van der Waals surface area (Å²) in [5.41, 5.74) is -0.125. The van der Waals surface area contributed by atoms with Gasteiger partial charge in [0.05, 0.1) is 16.3 Å². The molecule has 0 radical (unpaired) electrons. The van der Waals surface area contributed by atoms with Crippen molar-refractivity contribution in [2.75, 3.05) is 11.9 Å². The molecule has 7 heteroatoms. The molecule has 0 heterocycles. The maximum absolute atomic E-state index is 10.9. The zero-order valence-corrected chi connectivity index (χ0v) is 9.34. The van der Waals surface area contributed by atoms with E-state index in [1.165, 1.54) is 12.1 Å². The number of rotatable bonds is 4. The number of carboxylic acids is 2. The minimum atomic E-state index is -1.24. The average molecular weight is 264 g/mol. The number of halogens is 2. The van der Waals surface area contributed by atoms with Crippen molar-refractivity contribution in [2.24, 2.45) is 0 Å². The summed E-state index contributed by atoms with van der Waals surface area (Å²) in [7, 11) is 0. The van der Waals surface area contributed by atoms with E-state index in [-0.39, 0.29) is 21.3 Å². The third-order valence-corrected chi connectivity index (χ3v) is 2.22. The molecule has 0 aromatic heterocycles. The lowest BCUT2D eigenvalue weighted by molar-refractivity contribution is -0.134. The summed E-state index contributed by atoms with van der Waals surface area (Å²) in [6.07, 6.45) is 0. The van der Waals surface area contributed by atoms with Crippen LogP contribution in [0.4, 0.5) is 5.69 Å². The van der Waals surface area contributed by atoms with Crippen molar-refractivity contribution in [1.82, 2.24) is 0 Å². The van der Waals surface area contributed by atoms with E-state index in [0.717, 1.165) is 0 Å². The molecular weight excluding hydrogens is 257 g/mol. The van der Waals surface area contributed by atoms with E-state index < -0.39 is 18.5 Å². The van der Waals surface area contributed by atoms with Gasteiger partial charge in [0.25, 0.3) is 0 Å². The largest absolute Gasteiger partial charge is 0.480 e. The summed E-state index contributed by atoms with van der Waals surface area (Å²) < 4.78 is 0. The lowest BCUT2D eigenvalue weighted by Gasteiger charge is -2.10. The Morgan fingerprint density at radius 1 is 1.25 bits per heavy atom. The standard InChI is InChI=1S/C9H7Cl2NO4/c10-4-1-5(9(15)16)8(6(11)2-4)12-3-7(13)14/h1-2,12H,3H2,(H,13,14)(H,15,16). The van der Waals surface area contributed by atoms with Crippen LogP contribution in [0.3, 0.4) is 0 Å². The Morgan fingerprint density at radius 3 is 2.38 bits per heavy atom. The van der Waals surface area contributed by atoms with Crippen LogP contribution in [-0.2, 0) is 4.79 Å². The zero-order chi connectivity index (χ0) is 12.3. The number of benzene rings is 1. The molecule has 0 aliphatic heterocycles. The zero-order valence-electron chi connectivity index (χ0n) is 7.83. The minimum Gasteiger partial charge on any atom is -0.480 e. The Hall–Kier alpha value is -1.46. The maximum Gasteiger partial charge on any atom is 0.337 e. The molecule has 1 aromatic carbocycles. The predicted molar refractivity (Wildman–Crippen MR) is 59.5 cm³/mol. The molecule has 0 fully saturated rings. The summed E-state index contributed by atoms with van der Waals surface area (Å²) in [5.74, 6) is -2.36. The van der Waals surface area contributed by atoms with Crippen molar-refractivity contribution in [3.63, 3.8) is 0 Å². The Balaban J connectivity index is 3.14. The number of nitrogens with one attached hydrogen (secondary N) is 1. The molecule has 0 amide bonds. The molecule has 5 nitrogen and oxygen atoms in total. The van der Waals surface area contributed by atoms with Crippen molar-refractivity contribution in [3.05, 3.63) is 27.7 Å². The van der Waals surface area contributed by atoms with Gasteiger partial charge in [-0.15, -0.1) is 0 Å². The second kappa shape index (κ2) is 5.05. The molecule has 0 saturated heterocycles. The van der Waals surface area contributed by atoms with Gasteiger partial charge >= 0.3 is 11.9 Å². The molecule has 0 atom stereocenters. The van der Waals surface area contributed by atoms with Crippen molar-refractivity contribution < 1.29 is 19.8 Å². The van der Waals surface area contributed by atoms with Gasteiger partial charge in [-0.25, -0.2) is 4.79 Å². The van der Waals surface area contributed by atoms with Crippen LogP contribution in [0.25, 0.3) is 0 Å². The summed E-state index contributed by atoms with van der Waals surface area (Å²) >= 11 is 11.4. The van der Waals surface area contributed by atoms with Crippen LogP contribution in [0.1, 0.15) is 10.4 Å². The quantitative estimate of drug-likeness (QED) is 0.775. The lowest BCUT2D eigenvalue weighted by Crippen LogP contribution is -2.15. The van der Waals surface area contributed by atoms with Gasteiger partial charge in [0.15, 0.2) is 0 Å². The second-order valence-corrected chi connectivity index (χ2v) is 3.71. The van der Waals surface area contributed by atoms with Crippen molar-refractivity contribution >= 4 is 40.8 Å². The third-order valence-electron chi connectivity index (χ3n) is 1.70. The summed E-state index contributed by atoms with van der Waals surface area (Å²) in [4.78, 5) is 21.2. The number of anilines is 1. The lowest BCUT2D eigenvalue weighted by atomic mass is 10.2. The van der Waals surface area contributed by atoms with E-state index in [0.29, 0.717) is 0 Å². The van der Waals surface area contributed by atoms with Crippen LogP contribution < -0.4 is 5.32 Å². The fraction of sp³-hybridized carbons (Fsp3) is 0.111. The van der Waals surface area contributed by atoms with Crippen LogP contribution in [0.2, 0.25) is 10.0 Å². The molecule has 0 saturated carbocycles. The van der Waals surface area contributed by atoms with Crippen molar-refractivity contribution in [1.29, 1.82) is 0 Å². The molecule has 16 heavy (non-hydrogen) atoms. The maximum atomic E-state index is 10.9. The Bertz CT molecular complexity index is 447. The van der Waals surface area contributed by atoms with Crippen LogP contribution in [-0.4, -0.2) is 28.7 Å². The highest BCUT2D eigenvalue weighted by Crippen LogP contribution is 2.30. The smallest absolute Gasteiger partial charge is 0.337 e.